The molecule has 0 bridgehead atoms. The Bertz CT molecular complexity index is 297. The minimum Gasteiger partial charge on any atom is -0.331 e. The van der Waals surface area contributed by atoms with Gasteiger partial charge in [-0.05, 0) is 19.3 Å². The van der Waals surface area contributed by atoms with E-state index in [9.17, 15) is 9.59 Å². The lowest BCUT2D eigenvalue weighted by atomic mass is 9.94. The van der Waals surface area contributed by atoms with Gasteiger partial charge in [0.1, 0.15) is 0 Å². The smallest absolute Gasteiger partial charge is 0.326 e. The van der Waals surface area contributed by atoms with E-state index in [0.717, 1.165) is 18.1 Å². The summed E-state index contributed by atoms with van der Waals surface area (Å²) in [7, 11) is 0. The van der Waals surface area contributed by atoms with E-state index in [0.29, 0.717) is 12.8 Å². The summed E-state index contributed by atoms with van der Waals surface area (Å²) in [5, 5.41) is 0.271. The molecule has 0 saturated heterocycles. The molecule has 0 radical (unpaired) electrons. The quantitative estimate of drug-likeness (QED) is 0.452. The third kappa shape index (κ3) is 3.72. The molecular formula is C10H15Cl2NO4. The minimum atomic E-state index is -1.20. The fraction of sp³-hybridized carbons (Fsp3) is 0.800. The van der Waals surface area contributed by atoms with Gasteiger partial charge in [-0.1, -0.05) is 18.0 Å². The number of carbonyl (C=O) groups is 2. The lowest BCUT2D eigenvalue weighted by molar-refractivity contribution is -0.354. The monoisotopic (exact) mass is 283 g/mol. The number of nitrogens with zero attached hydrogens (tertiary/aromatic N) is 1. The molecule has 0 aliphatic heterocycles. The zero-order valence-corrected chi connectivity index (χ0v) is 11.3. The van der Waals surface area contributed by atoms with E-state index in [2.05, 4.69) is 0 Å². The average Bonchev–Trinajstić information content (AvgIpc) is 2.20. The summed E-state index contributed by atoms with van der Waals surface area (Å²) in [5.41, 5.74) is 0. The van der Waals surface area contributed by atoms with Crippen molar-refractivity contribution in [3.8, 4) is 0 Å². The summed E-state index contributed by atoms with van der Waals surface area (Å²) in [6.45, 7) is 2.39. The van der Waals surface area contributed by atoms with Gasteiger partial charge in [0, 0.05) is 13.8 Å². The van der Waals surface area contributed by atoms with Crippen molar-refractivity contribution < 1.29 is 19.3 Å². The maximum Gasteiger partial charge on any atom is 0.326 e. The summed E-state index contributed by atoms with van der Waals surface area (Å²) in [4.78, 5) is 30.4. The first kappa shape index (κ1) is 14.5. The number of carbonyl (C=O) groups excluding carboxylic acids is 2. The first-order valence-corrected chi connectivity index (χ1v) is 6.18. The van der Waals surface area contributed by atoms with Crippen molar-refractivity contribution in [3.63, 3.8) is 0 Å². The molecule has 0 N–H and O–H groups in total. The molecule has 0 heterocycles. The average molecular weight is 284 g/mol. The van der Waals surface area contributed by atoms with Gasteiger partial charge in [-0.3, -0.25) is 9.59 Å². The number of hydroxylamine groups is 2. The van der Waals surface area contributed by atoms with E-state index in [1.54, 1.807) is 0 Å². The first-order chi connectivity index (χ1) is 7.86. The van der Waals surface area contributed by atoms with Crippen LogP contribution in [-0.4, -0.2) is 27.5 Å². The fourth-order valence-electron chi connectivity index (χ4n) is 1.68. The SMILES string of the molecule is CC(=O)ON(OC(C)=O)C1(Cl)CCCCC1Cl. The molecule has 1 saturated carbocycles. The Morgan fingerprint density at radius 1 is 1.24 bits per heavy atom. The Labute approximate surface area is 110 Å². The van der Waals surface area contributed by atoms with Crippen LogP contribution < -0.4 is 0 Å². The molecule has 0 aromatic carbocycles. The fourth-order valence-corrected chi connectivity index (χ4v) is 2.34. The molecule has 17 heavy (non-hydrogen) atoms. The number of rotatable bonds is 3. The lowest BCUT2D eigenvalue weighted by Gasteiger charge is -2.40. The largest absolute Gasteiger partial charge is 0.331 e. The van der Waals surface area contributed by atoms with Crippen LogP contribution in [0.4, 0.5) is 0 Å². The lowest BCUT2D eigenvalue weighted by Crippen LogP contribution is -2.53. The van der Waals surface area contributed by atoms with Crippen LogP contribution in [0.25, 0.3) is 0 Å². The van der Waals surface area contributed by atoms with Crippen LogP contribution in [0.2, 0.25) is 0 Å². The minimum absolute atomic E-state index is 0.461. The van der Waals surface area contributed by atoms with E-state index in [-0.39, 0.29) is 0 Å². The van der Waals surface area contributed by atoms with Gasteiger partial charge in [-0.15, -0.1) is 11.6 Å². The molecule has 0 spiro atoms. The van der Waals surface area contributed by atoms with E-state index in [4.69, 9.17) is 32.9 Å². The number of hydrogen-bond donors (Lipinski definition) is 0. The molecule has 0 aromatic heterocycles. The van der Waals surface area contributed by atoms with Gasteiger partial charge < -0.3 is 9.68 Å². The van der Waals surface area contributed by atoms with Crippen LogP contribution in [0.5, 0.6) is 0 Å². The van der Waals surface area contributed by atoms with Gasteiger partial charge in [0.2, 0.25) is 0 Å². The van der Waals surface area contributed by atoms with Gasteiger partial charge in [-0.25, -0.2) is 0 Å². The summed E-state index contributed by atoms with van der Waals surface area (Å²) in [5.74, 6) is -1.25. The van der Waals surface area contributed by atoms with Crippen LogP contribution >= 0.6 is 23.2 Å². The molecule has 0 aromatic rings. The standard InChI is InChI=1S/C10H15Cl2NO4/c1-7(14)16-13(17-8(2)15)10(12)6-4-3-5-9(10)11/h9H,3-6H2,1-2H3. The zero-order valence-electron chi connectivity index (χ0n) is 9.74. The van der Waals surface area contributed by atoms with Gasteiger partial charge >= 0.3 is 11.9 Å². The molecule has 1 aliphatic rings. The summed E-state index contributed by atoms with van der Waals surface area (Å²) < 4.78 is 0. The van der Waals surface area contributed by atoms with Crippen molar-refractivity contribution in [3.05, 3.63) is 0 Å². The van der Waals surface area contributed by atoms with Crippen LogP contribution in [0, 0.1) is 0 Å². The van der Waals surface area contributed by atoms with Crippen molar-refractivity contribution in [1.82, 2.24) is 5.23 Å². The number of alkyl halides is 2. The van der Waals surface area contributed by atoms with Crippen molar-refractivity contribution in [2.24, 2.45) is 0 Å². The second kappa shape index (κ2) is 5.89. The van der Waals surface area contributed by atoms with E-state index < -0.39 is 22.3 Å². The predicted molar refractivity (Wildman–Crippen MR) is 62.1 cm³/mol. The van der Waals surface area contributed by atoms with Crippen molar-refractivity contribution in [1.29, 1.82) is 0 Å². The van der Waals surface area contributed by atoms with Gasteiger partial charge in [-0.2, -0.15) is 0 Å². The van der Waals surface area contributed by atoms with Crippen LogP contribution in [-0.2, 0) is 19.3 Å². The highest BCUT2D eigenvalue weighted by Crippen LogP contribution is 2.41. The summed E-state index contributed by atoms with van der Waals surface area (Å²) >= 11 is 12.4. The van der Waals surface area contributed by atoms with Crippen molar-refractivity contribution in [2.45, 2.75) is 49.9 Å². The molecular weight excluding hydrogens is 269 g/mol. The van der Waals surface area contributed by atoms with E-state index in [1.807, 2.05) is 0 Å². The third-order valence-corrected chi connectivity index (χ3v) is 3.72. The van der Waals surface area contributed by atoms with Crippen molar-refractivity contribution in [2.75, 3.05) is 0 Å². The molecule has 0 amide bonds. The highest BCUT2D eigenvalue weighted by atomic mass is 35.5. The second-order valence-corrected chi connectivity index (χ2v) is 5.14. The molecule has 2 unspecified atom stereocenters. The maximum atomic E-state index is 11.0. The summed E-state index contributed by atoms with van der Waals surface area (Å²) in [6.07, 6.45) is 2.91. The Kier molecular flexibility index (Phi) is 5.04. The third-order valence-electron chi connectivity index (χ3n) is 2.44. The zero-order chi connectivity index (χ0) is 13.1. The number of halogens is 2. The highest BCUT2D eigenvalue weighted by molar-refractivity contribution is 6.32. The van der Waals surface area contributed by atoms with Crippen LogP contribution in [0.3, 0.4) is 0 Å². The molecule has 98 valence electrons. The molecule has 1 rings (SSSR count). The Morgan fingerprint density at radius 2 is 1.76 bits per heavy atom. The molecule has 5 nitrogen and oxygen atoms in total. The normalized spacial score (nSPS) is 28.9. The van der Waals surface area contributed by atoms with Crippen LogP contribution in [0.15, 0.2) is 0 Å². The van der Waals surface area contributed by atoms with Gasteiger partial charge in [0.15, 0.2) is 5.00 Å². The van der Waals surface area contributed by atoms with E-state index >= 15 is 0 Å². The highest BCUT2D eigenvalue weighted by Gasteiger charge is 2.48. The van der Waals surface area contributed by atoms with Gasteiger partial charge in [0.25, 0.3) is 0 Å². The second-order valence-electron chi connectivity index (χ2n) is 3.95. The molecule has 2 atom stereocenters. The van der Waals surface area contributed by atoms with Crippen molar-refractivity contribution >= 4 is 35.1 Å². The topological polar surface area (TPSA) is 55.8 Å². The Morgan fingerprint density at radius 3 is 2.18 bits per heavy atom. The summed E-state index contributed by atoms with van der Waals surface area (Å²) in [6, 6.07) is 0. The molecule has 1 fully saturated rings. The van der Waals surface area contributed by atoms with Crippen LogP contribution in [0.1, 0.15) is 39.5 Å². The number of hydrogen-bond acceptors (Lipinski definition) is 5. The van der Waals surface area contributed by atoms with E-state index in [1.165, 1.54) is 13.8 Å². The molecule has 1 aliphatic carbocycles. The maximum absolute atomic E-state index is 11.0. The Balaban J connectivity index is 2.85. The molecule has 7 heteroatoms. The Hall–Kier alpha value is -0.520. The first-order valence-electron chi connectivity index (χ1n) is 5.36. The predicted octanol–water partition coefficient (Wildman–Crippen LogP) is 2.36. The van der Waals surface area contributed by atoms with Gasteiger partial charge in [0.05, 0.1) is 10.6 Å².